The van der Waals surface area contributed by atoms with Gasteiger partial charge < -0.3 is 36.2 Å². The number of piperidine rings is 1. The number of hydrogen-bond donors (Lipinski definition) is 5. The van der Waals surface area contributed by atoms with Crippen LogP contribution in [0.3, 0.4) is 0 Å². The molecule has 9 atom stereocenters. The van der Waals surface area contributed by atoms with Crippen LogP contribution in [-0.2, 0) is 33.5 Å². The van der Waals surface area contributed by atoms with E-state index >= 15 is 0 Å². The standard InChI is InChI=1S/C34H56N6O8/c1-12-17(3)35-28(44)22(41)23-34(13-2)15-14-19-16-40(21(20(19)34)27(43)37-23)30(46)25(33(8,9)10)39-29(45)24(32(5,6)7)38-26(42)18(4)36-31(47)48-11/h17-21,23-25H,12-16H2,1-11H3,(H,35,44)(H,36,47)(H,37,43)(H,38,42)(H,39,45)/t17-,18+,19-,20-,21-,23+,24+,25+,34?/m0/s1. The van der Waals surface area contributed by atoms with Gasteiger partial charge in [0.05, 0.1) is 7.11 Å². The largest absolute Gasteiger partial charge is 0.453 e. The van der Waals surface area contributed by atoms with E-state index in [9.17, 15) is 33.6 Å². The van der Waals surface area contributed by atoms with Gasteiger partial charge in [-0.1, -0.05) is 55.4 Å². The molecule has 0 spiro atoms. The van der Waals surface area contributed by atoms with Gasteiger partial charge in [-0.2, -0.15) is 0 Å². The molecule has 14 heteroatoms. The van der Waals surface area contributed by atoms with E-state index < -0.39 is 87.9 Å². The Labute approximate surface area is 284 Å². The lowest BCUT2D eigenvalue weighted by molar-refractivity contribution is -0.153. The molecule has 3 aliphatic rings. The van der Waals surface area contributed by atoms with Gasteiger partial charge in [-0.05, 0) is 56.3 Å². The quantitative estimate of drug-likeness (QED) is 0.203. The number of nitrogens with zero attached hydrogens (tertiary/aromatic N) is 1. The van der Waals surface area contributed by atoms with Gasteiger partial charge in [0.2, 0.25) is 29.4 Å². The van der Waals surface area contributed by atoms with E-state index in [1.807, 2.05) is 41.5 Å². The molecule has 6 amide bonds. The van der Waals surface area contributed by atoms with Crippen molar-refractivity contribution >= 4 is 41.4 Å². The van der Waals surface area contributed by atoms with Crippen LogP contribution in [0.25, 0.3) is 0 Å². The highest BCUT2D eigenvalue weighted by molar-refractivity contribution is 6.39. The van der Waals surface area contributed by atoms with Crippen molar-refractivity contribution in [3.63, 3.8) is 0 Å². The molecule has 3 rings (SSSR count). The van der Waals surface area contributed by atoms with Gasteiger partial charge in [-0.25, -0.2) is 4.79 Å². The van der Waals surface area contributed by atoms with Crippen LogP contribution in [0.1, 0.15) is 94.9 Å². The van der Waals surface area contributed by atoms with Crippen LogP contribution >= 0.6 is 0 Å². The van der Waals surface area contributed by atoms with Gasteiger partial charge in [0, 0.05) is 23.9 Å². The Morgan fingerprint density at radius 1 is 0.917 bits per heavy atom. The molecule has 1 saturated carbocycles. The summed E-state index contributed by atoms with van der Waals surface area (Å²) in [5.41, 5.74) is -2.27. The number of carbonyl (C=O) groups excluding carboxylic acids is 7. The van der Waals surface area contributed by atoms with Crippen LogP contribution in [0.5, 0.6) is 0 Å². The summed E-state index contributed by atoms with van der Waals surface area (Å²) in [6.07, 6.45) is 1.72. The maximum atomic E-state index is 14.5. The normalized spacial score (nSPS) is 27.4. The summed E-state index contributed by atoms with van der Waals surface area (Å²) >= 11 is 0. The molecule has 0 bridgehead atoms. The Hall–Kier alpha value is -3.71. The fourth-order valence-corrected chi connectivity index (χ4v) is 7.60. The molecule has 3 fully saturated rings. The number of ether oxygens (including phenoxy) is 1. The van der Waals surface area contributed by atoms with Crippen molar-refractivity contribution in [1.82, 2.24) is 31.5 Å². The van der Waals surface area contributed by atoms with E-state index in [0.717, 1.165) is 0 Å². The van der Waals surface area contributed by atoms with Crippen molar-refractivity contribution in [2.75, 3.05) is 13.7 Å². The molecule has 14 nitrogen and oxygen atoms in total. The van der Waals surface area contributed by atoms with Crippen LogP contribution < -0.4 is 26.6 Å². The van der Waals surface area contributed by atoms with Crippen LogP contribution in [0.15, 0.2) is 0 Å². The Morgan fingerprint density at radius 3 is 2.02 bits per heavy atom. The van der Waals surface area contributed by atoms with E-state index in [4.69, 9.17) is 0 Å². The molecule has 270 valence electrons. The Balaban J connectivity index is 1.89. The first-order chi connectivity index (χ1) is 22.1. The molecule has 48 heavy (non-hydrogen) atoms. The fourth-order valence-electron chi connectivity index (χ4n) is 7.60. The van der Waals surface area contributed by atoms with E-state index in [2.05, 4.69) is 31.3 Å². The topological polar surface area (TPSA) is 192 Å². The zero-order chi connectivity index (χ0) is 36.5. The van der Waals surface area contributed by atoms with Crippen molar-refractivity contribution in [3.05, 3.63) is 0 Å². The zero-order valence-electron chi connectivity index (χ0n) is 30.4. The number of hydrogen-bond acceptors (Lipinski definition) is 8. The predicted molar refractivity (Wildman–Crippen MR) is 177 cm³/mol. The number of rotatable bonds is 11. The minimum Gasteiger partial charge on any atom is -0.453 e. The van der Waals surface area contributed by atoms with Gasteiger partial charge in [0.25, 0.3) is 5.91 Å². The van der Waals surface area contributed by atoms with Crippen molar-refractivity contribution < 1.29 is 38.3 Å². The first-order valence-electron chi connectivity index (χ1n) is 17.0. The van der Waals surface area contributed by atoms with Crippen molar-refractivity contribution in [1.29, 1.82) is 0 Å². The second-order valence-corrected chi connectivity index (χ2v) is 15.9. The lowest BCUT2D eigenvalue weighted by atomic mass is 9.63. The van der Waals surface area contributed by atoms with Crippen molar-refractivity contribution in [3.8, 4) is 0 Å². The lowest BCUT2D eigenvalue weighted by Gasteiger charge is -2.48. The summed E-state index contributed by atoms with van der Waals surface area (Å²) < 4.78 is 4.56. The van der Waals surface area contributed by atoms with Crippen molar-refractivity contribution in [2.24, 2.45) is 28.1 Å². The van der Waals surface area contributed by atoms with Crippen LogP contribution in [0.2, 0.25) is 0 Å². The van der Waals surface area contributed by atoms with Crippen LogP contribution in [0.4, 0.5) is 4.79 Å². The summed E-state index contributed by atoms with van der Waals surface area (Å²) in [7, 11) is 1.17. The average Bonchev–Trinajstić information content (AvgIpc) is 3.58. The van der Waals surface area contributed by atoms with Gasteiger partial charge in [0.15, 0.2) is 0 Å². The number of nitrogens with one attached hydrogen (secondary N) is 5. The van der Waals surface area contributed by atoms with E-state index in [0.29, 0.717) is 25.7 Å². The molecule has 0 aromatic heterocycles. The molecule has 0 aromatic carbocycles. The number of carbonyl (C=O) groups is 7. The molecule has 2 aliphatic heterocycles. The van der Waals surface area contributed by atoms with Crippen molar-refractivity contribution in [2.45, 2.75) is 131 Å². The second kappa shape index (κ2) is 14.4. The highest BCUT2D eigenvalue weighted by Gasteiger charge is 2.67. The zero-order valence-corrected chi connectivity index (χ0v) is 30.4. The lowest BCUT2D eigenvalue weighted by Crippen LogP contribution is -2.69. The third kappa shape index (κ3) is 7.62. The number of methoxy groups -OCH3 is 1. The maximum absolute atomic E-state index is 14.5. The first-order valence-corrected chi connectivity index (χ1v) is 17.0. The van der Waals surface area contributed by atoms with Gasteiger partial charge in [-0.3, -0.25) is 28.8 Å². The van der Waals surface area contributed by atoms with E-state index in [1.54, 1.807) is 20.8 Å². The monoisotopic (exact) mass is 676 g/mol. The number of ketones is 1. The number of Topliss-reactive ketones (excluding diaryl/α,β-unsaturated/α-hetero) is 1. The highest BCUT2D eigenvalue weighted by atomic mass is 16.5. The van der Waals surface area contributed by atoms with E-state index in [1.165, 1.54) is 18.9 Å². The maximum Gasteiger partial charge on any atom is 0.407 e. The third-order valence-electron chi connectivity index (χ3n) is 10.5. The summed E-state index contributed by atoms with van der Waals surface area (Å²) in [5, 5.41) is 13.5. The summed E-state index contributed by atoms with van der Waals surface area (Å²) in [4.78, 5) is 94.8. The summed E-state index contributed by atoms with van der Waals surface area (Å²) in [6.45, 7) is 18.1. The second-order valence-electron chi connectivity index (χ2n) is 15.9. The first kappa shape index (κ1) is 38.7. The molecule has 0 aromatic rings. The van der Waals surface area contributed by atoms with Gasteiger partial charge in [0.1, 0.15) is 30.2 Å². The Bertz CT molecular complexity index is 1310. The Morgan fingerprint density at radius 2 is 1.50 bits per heavy atom. The number of likely N-dealkylation sites (tertiary alicyclic amines) is 1. The number of alkyl carbamates (subject to hydrolysis) is 1. The molecular formula is C34H56N6O8. The molecule has 2 heterocycles. The van der Waals surface area contributed by atoms with Gasteiger partial charge >= 0.3 is 6.09 Å². The highest BCUT2D eigenvalue weighted by Crippen LogP contribution is 2.59. The molecule has 0 radical (unpaired) electrons. The molecule has 5 N–H and O–H groups in total. The summed E-state index contributed by atoms with van der Waals surface area (Å²) in [6, 6.07) is -5.21. The average molecular weight is 677 g/mol. The third-order valence-corrected chi connectivity index (χ3v) is 10.5. The van der Waals surface area contributed by atoms with Crippen LogP contribution in [-0.4, -0.2) is 96.2 Å². The molecular weight excluding hydrogens is 620 g/mol. The van der Waals surface area contributed by atoms with Crippen LogP contribution in [0, 0.1) is 28.1 Å². The smallest absolute Gasteiger partial charge is 0.407 e. The number of amides is 6. The molecule has 1 aliphatic carbocycles. The SMILES string of the molecule is CC[C@H](C)NC(=O)C(=O)[C@H]1NC(=O)[C@@H]2[C@@H]3[C@@H](CCC31CC)CN2C(=O)[C@@H](NC(=O)[C@@H](NC(=O)[C@@H](C)NC(=O)OC)C(C)(C)C)C(C)(C)C. The van der Waals surface area contributed by atoms with E-state index in [-0.39, 0.29) is 24.4 Å². The summed E-state index contributed by atoms with van der Waals surface area (Å²) in [5.74, 6) is -3.90. The minimum absolute atomic E-state index is 0.0559. The predicted octanol–water partition coefficient (Wildman–Crippen LogP) is 1.41. The Kier molecular flexibility index (Phi) is 11.6. The molecule has 2 saturated heterocycles. The molecule has 1 unspecified atom stereocenters. The van der Waals surface area contributed by atoms with Gasteiger partial charge in [-0.15, -0.1) is 0 Å². The minimum atomic E-state index is -1.08. The fraction of sp³-hybridized carbons (Fsp3) is 0.794.